The van der Waals surface area contributed by atoms with Crippen LogP contribution in [0.1, 0.15) is 54.9 Å². The molecule has 1 N–H and O–H groups in total. The molecule has 2 fully saturated rings. The van der Waals surface area contributed by atoms with E-state index < -0.39 is 30.0 Å². The number of amides is 1. The maximum atomic E-state index is 12.1. The van der Waals surface area contributed by atoms with E-state index in [4.69, 9.17) is 14.0 Å². The number of hydrogen-bond donors (Lipinski definition) is 1. The second-order valence-electron chi connectivity index (χ2n) is 8.57. The number of likely N-dealkylation sites (tertiary alicyclic amines) is 1. The third kappa shape index (κ3) is 4.01. The van der Waals surface area contributed by atoms with Gasteiger partial charge in [-0.05, 0) is 54.9 Å². The Morgan fingerprint density at radius 2 is 1.74 bits per heavy atom. The molecular formula is C16H30BNO5. The molecule has 23 heavy (non-hydrogen) atoms. The van der Waals surface area contributed by atoms with Crippen molar-refractivity contribution in [2.45, 2.75) is 83.6 Å². The molecule has 0 spiro atoms. The van der Waals surface area contributed by atoms with Gasteiger partial charge in [0.15, 0.2) is 0 Å². The molecule has 0 aliphatic carbocycles. The highest BCUT2D eigenvalue weighted by molar-refractivity contribution is 6.47. The van der Waals surface area contributed by atoms with E-state index >= 15 is 0 Å². The maximum Gasteiger partial charge on any atom is 0.463 e. The Labute approximate surface area is 139 Å². The van der Waals surface area contributed by atoms with E-state index in [9.17, 15) is 9.90 Å². The van der Waals surface area contributed by atoms with Crippen LogP contribution in [-0.4, -0.2) is 59.2 Å². The van der Waals surface area contributed by atoms with Crippen LogP contribution in [0.4, 0.5) is 4.79 Å². The highest BCUT2D eigenvalue weighted by Crippen LogP contribution is 2.42. The normalized spacial score (nSPS) is 30.4. The minimum atomic E-state index is -0.689. The van der Waals surface area contributed by atoms with Gasteiger partial charge in [-0.3, -0.25) is 0 Å². The number of aliphatic hydroxyl groups is 1. The molecule has 132 valence electrons. The Hall–Kier alpha value is -0.785. The van der Waals surface area contributed by atoms with Crippen molar-refractivity contribution in [3.8, 4) is 0 Å². The van der Waals surface area contributed by atoms with Crippen LogP contribution < -0.4 is 0 Å². The van der Waals surface area contributed by atoms with Crippen LogP contribution in [0.25, 0.3) is 0 Å². The summed E-state index contributed by atoms with van der Waals surface area (Å²) in [5.74, 6) is -0.144. The SMILES string of the molecule is CC(C)(C)OC(=O)N1CCC(B2OC(C)(C)C(C)(C)O2)C(O)C1. The van der Waals surface area contributed by atoms with Gasteiger partial charge in [0.1, 0.15) is 5.60 Å². The van der Waals surface area contributed by atoms with Crippen molar-refractivity contribution in [3.05, 3.63) is 0 Å². The topological polar surface area (TPSA) is 68.2 Å². The highest BCUT2D eigenvalue weighted by atomic mass is 16.7. The molecule has 2 aliphatic rings. The second kappa shape index (κ2) is 5.94. The van der Waals surface area contributed by atoms with E-state index in [1.54, 1.807) is 4.90 Å². The van der Waals surface area contributed by atoms with Crippen LogP contribution >= 0.6 is 0 Å². The average Bonchev–Trinajstić information content (AvgIpc) is 2.55. The van der Waals surface area contributed by atoms with Gasteiger partial charge in [-0.2, -0.15) is 0 Å². The first-order valence-corrected chi connectivity index (χ1v) is 8.34. The number of hydrogen-bond acceptors (Lipinski definition) is 5. The number of carbonyl (C=O) groups is 1. The first-order valence-electron chi connectivity index (χ1n) is 8.34. The Kier molecular flexibility index (Phi) is 4.79. The van der Waals surface area contributed by atoms with E-state index in [1.807, 2.05) is 48.5 Å². The van der Waals surface area contributed by atoms with Gasteiger partial charge in [-0.25, -0.2) is 4.79 Å². The number of β-amino-alcohol motifs (C(OH)–C–C–N with tert-alkyl or cyclic N) is 1. The Bertz CT molecular complexity index is 444. The van der Waals surface area contributed by atoms with Crippen molar-refractivity contribution in [2.24, 2.45) is 0 Å². The van der Waals surface area contributed by atoms with Crippen molar-refractivity contribution in [2.75, 3.05) is 13.1 Å². The molecule has 1 amide bonds. The fourth-order valence-electron chi connectivity index (χ4n) is 2.82. The lowest BCUT2D eigenvalue weighted by Gasteiger charge is -2.37. The van der Waals surface area contributed by atoms with Crippen molar-refractivity contribution < 1.29 is 23.9 Å². The van der Waals surface area contributed by atoms with Gasteiger partial charge in [0.2, 0.25) is 0 Å². The predicted molar refractivity (Wildman–Crippen MR) is 88.3 cm³/mol. The van der Waals surface area contributed by atoms with Gasteiger partial charge < -0.3 is 24.1 Å². The van der Waals surface area contributed by atoms with Crippen LogP contribution in [0.15, 0.2) is 0 Å². The molecular weight excluding hydrogens is 297 g/mol. The van der Waals surface area contributed by atoms with E-state index in [0.717, 1.165) is 0 Å². The molecule has 2 unspecified atom stereocenters. The number of nitrogens with zero attached hydrogens (tertiary/aromatic N) is 1. The summed E-state index contributed by atoms with van der Waals surface area (Å²) in [4.78, 5) is 13.7. The average molecular weight is 327 g/mol. The molecule has 2 rings (SSSR count). The summed E-state index contributed by atoms with van der Waals surface area (Å²) in [6, 6.07) is 0. The molecule has 0 radical (unpaired) electrons. The lowest BCUT2D eigenvalue weighted by atomic mass is 9.65. The summed E-state index contributed by atoms with van der Waals surface area (Å²) >= 11 is 0. The number of rotatable bonds is 1. The van der Waals surface area contributed by atoms with Crippen molar-refractivity contribution >= 4 is 13.2 Å². The molecule has 0 bridgehead atoms. The van der Waals surface area contributed by atoms with Gasteiger partial charge in [0.25, 0.3) is 0 Å². The third-order valence-electron chi connectivity index (χ3n) is 4.91. The Morgan fingerprint density at radius 3 is 2.17 bits per heavy atom. The number of ether oxygens (including phenoxy) is 1. The van der Waals surface area contributed by atoms with Crippen LogP contribution in [0, 0.1) is 0 Å². The molecule has 6 nitrogen and oxygen atoms in total. The van der Waals surface area contributed by atoms with E-state index in [0.29, 0.717) is 13.0 Å². The quantitative estimate of drug-likeness (QED) is 0.749. The molecule has 0 aromatic heterocycles. The first kappa shape index (κ1) is 18.6. The first-order chi connectivity index (χ1) is 10.3. The Morgan fingerprint density at radius 1 is 1.22 bits per heavy atom. The summed E-state index contributed by atoms with van der Waals surface area (Å²) in [7, 11) is -0.448. The number of aliphatic hydroxyl groups excluding tert-OH is 1. The van der Waals surface area contributed by atoms with Crippen molar-refractivity contribution in [1.29, 1.82) is 0 Å². The monoisotopic (exact) mass is 327 g/mol. The molecule has 2 atom stereocenters. The van der Waals surface area contributed by atoms with Crippen LogP contribution in [0.2, 0.25) is 5.82 Å². The van der Waals surface area contributed by atoms with Crippen LogP contribution in [0.3, 0.4) is 0 Å². The molecule has 2 aliphatic heterocycles. The largest absolute Gasteiger partial charge is 0.463 e. The molecule has 2 heterocycles. The van der Waals surface area contributed by atoms with Crippen LogP contribution in [0.5, 0.6) is 0 Å². The summed E-state index contributed by atoms with van der Waals surface area (Å²) in [5.41, 5.74) is -1.37. The minimum Gasteiger partial charge on any atom is -0.444 e. The second-order valence-corrected chi connectivity index (χ2v) is 8.57. The zero-order valence-electron chi connectivity index (χ0n) is 15.4. The summed E-state index contributed by atoms with van der Waals surface area (Å²) in [5, 5.41) is 10.5. The lowest BCUT2D eigenvalue weighted by molar-refractivity contribution is 0.00110. The smallest absolute Gasteiger partial charge is 0.444 e. The summed E-state index contributed by atoms with van der Waals surface area (Å²) in [6.45, 7) is 14.2. The van der Waals surface area contributed by atoms with Crippen molar-refractivity contribution in [3.63, 3.8) is 0 Å². The predicted octanol–water partition coefficient (Wildman–Crippen LogP) is 2.45. The molecule has 7 heteroatoms. The summed E-state index contributed by atoms with van der Waals surface area (Å²) in [6.07, 6.45) is -0.452. The van der Waals surface area contributed by atoms with Gasteiger partial charge in [0.05, 0.1) is 17.3 Å². The maximum absolute atomic E-state index is 12.1. The number of carbonyl (C=O) groups excluding carboxylic acids is 1. The number of piperidine rings is 1. The van der Waals surface area contributed by atoms with Gasteiger partial charge in [0, 0.05) is 18.9 Å². The standard InChI is InChI=1S/C16H30BNO5/c1-14(2,3)21-13(20)18-9-8-11(12(19)10-18)17-22-15(4,5)16(6,7)23-17/h11-12,19H,8-10H2,1-7H3. The fraction of sp³-hybridized carbons (Fsp3) is 0.938. The third-order valence-corrected chi connectivity index (χ3v) is 4.91. The van der Waals surface area contributed by atoms with E-state index in [-0.39, 0.29) is 18.5 Å². The van der Waals surface area contributed by atoms with Gasteiger partial charge >= 0.3 is 13.2 Å². The van der Waals surface area contributed by atoms with Crippen molar-refractivity contribution in [1.82, 2.24) is 4.90 Å². The van der Waals surface area contributed by atoms with Crippen LogP contribution in [-0.2, 0) is 14.0 Å². The lowest BCUT2D eigenvalue weighted by Crippen LogP contribution is -2.50. The van der Waals surface area contributed by atoms with Gasteiger partial charge in [-0.15, -0.1) is 0 Å². The zero-order chi connectivity index (χ0) is 17.6. The molecule has 0 aromatic rings. The molecule has 0 aromatic carbocycles. The minimum absolute atomic E-state index is 0.144. The van der Waals surface area contributed by atoms with E-state index in [2.05, 4.69) is 0 Å². The molecule has 0 saturated carbocycles. The van der Waals surface area contributed by atoms with E-state index in [1.165, 1.54) is 0 Å². The zero-order valence-corrected chi connectivity index (χ0v) is 15.4. The Balaban J connectivity index is 1.96. The summed E-state index contributed by atoms with van der Waals surface area (Å²) < 4.78 is 17.4. The fourth-order valence-corrected chi connectivity index (χ4v) is 2.82. The highest BCUT2D eigenvalue weighted by Gasteiger charge is 2.55. The van der Waals surface area contributed by atoms with Gasteiger partial charge in [-0.1, -0.05) is 0 Å². The molecule has 2 saturated heterocycles.